The van der Waals surface area contributed by atoms with Crippen molar-refractivity contribution >= 4 is 11.6 Å². The van der Waals surface area contributed by atoms with Crippen LogP contribution in [0.5, 0.6) is 0 Å². The van der Waals surface area contributed by atoms with Gasteiger partial charge in [-0.05, 0) is 18.8 Å². The molecule has 16 heavy (non-hydrogen) atoms. The lowest BCUT2D eigenvalue weighted by Gasteiger charge is -2.02. The van der Waals surface area contributed by atoms with Crippen molar-refractivity contribution in [3.05, 3.63) is 11.9 Å². The first-order valence-electron chi connectivity index (χ1n) is 5.71. The van der Waals surface area contributed by atoms with Crippen LogP contribution in [0.25, 0.3) is 0 Å². The van der Waals surface area contributed by atoms with Gasteiger partial charge in [-0.2, -0.15) is 5.10 Å². The van der Waals surface area contributed by atoms with Crippen LogP contribution >= 0.6 is 0 Å². The minimum atomic E-state index is -0.151. The fourth-order valence-corrected chi connectivity index (χ4v) is 2.03. The third-order valence-corrected chi connectivity index (χ3v) is 2.97. The molecule has 88 valence electrons. The zero-order valence-electron chi connectivity index (χ0n) is 9.73. The Balaban J connectivity index is 1.92. The molecule has 1 amide bonds. The lowest BCUT2D eigenvalue weighted by molar-refractivity contribution is 0.0944. The lowest BCUT2D eigenvalue weighted by Crippen LogP contribution is -2.28. The quantitative estimate of drug-likeness (QED) is 0.795. The van der Waals surface area contributed by atoms with Crippen LogP contribution < -0.4 is 11.1 Å². The smallest absolute Gasteiger partial charge is 0.274 e. The van der Waals surface area contributed by atoms with E-state index in [1.807, 2.05) is 0 Å². The van der Waals surface area contributed by atoms with Crippen LogP contribution in [0.4, 0.5) is 5.69 Å². The van der Waals surface area contributed by atoms with Gasteiger partial charge in [0.1, 0.15) is 0 Å². The summed E-state index contributed by atoms with van der Waals surface area (Å²) in [5.41, 5.74) is 6.46. The van der Waals surface area contributed by atoms with E-state index in [9.17, 15) is 4.79 Å². The summed E-state index contributed by atoms with van der Waals surface area (Å²) < 4.78 is 1.56. The molecular formula is C11H18N4O. The predicted molar refractivity (Wildman–Crippen MR) is 61.9 cm³/mol. The summed E-state index contributed by atoms with van der Waals surface area (Å²) in [4.78, 5) is 11.8. The van der Waals surface area contributed by atoms with Crippen molar-refractivity contribution in [1.82, 2.24) is 15.1 Å². The van der Waals surface area contributed by atoms with Gasteiger partial charge < -0.3 is 11.1 Å². The van der Waals surface area contributed by atoms with Gasteiger partial charge in [-0.15, -0.1) is 0 Å². The molecule has 2 rings (SSSR count). The van der Waals surface area contributed by atoms with Crippen LogP contribution in [0.3, 0.4) is 0 Å². The molecule has 0 spiro atoms. The second-order valence-corrected chi connectivity index (χ2v) is 4.47. The molecule has 2 atom stereocenters. The molecule has 1 fully saturated rings. The highest BCUT2D eigenvalue weighted by Gasteiger charge is 2.37. The average molecular weight is 222 g/mol. The van der Waals surface area contributed by atoms with E-state index in [4.69, 9.17) is 5.73 Å². The molecule has 1 aromatic heterocycles. The molecule has 1 aromatic rings. The topological polar surface area (TPSA) is 72.9 Å². The SMILES string of the molecule is CCCC1CC1NC(=O)c1nn(C)cc1N. The minimum absolute atomic E-state index is 0.151. The fraction of sp³-hybridized carbons (Fsp3) is 0.636. The van der Waals surface area contributed by atoms with E-state index in [1.54, 1.807) is 17.9 Å². The van der Waals surface area contributed by atoms with Gasteiger partial charge in [-0.25, -0.2) is 0 Å². The zero-order valence-corrected chi connectivity index (χ0v) is 9.73. The van der Waals surface area contributed by atoms with E-state index in [2.05, 4.69) is 17.3 Å². The Bertz CT molecular complexity index is 399. The molecule has 0 saturated heterocycles. The van der Waals surface area contributed by atoms with Crippen LogP contribution in [0.2, 0.25) is 0 Å². The van der Waals surface area contributed by atoms with Gasteiger partial charge in [0, 0.05) is 19.3 Å². The highest BCUT2D eigenvalue weighted by Crippen LogP contribution is 2.34. The molecule has 5 heteroatoms. The number of nitrogens with two attached hydrogens (primary N) is 1. The molecule has 5 nitrogen and oxygen atoms in total. The van der Waals surface area contributed by atoms with Crippen molar-refractivity contribution in [2.45, 2.75) is 32.2 Å². The molecule has 0 aromatic carbocycles. The third kappa shape index (κ3) is 2.18. The number of carbonyl (C=O) groups is 1. The van der Waals surface area contributed by atoms with Gasteiger partial charge in [0.15, 0.2) is 5.69 Å². The third-order valence-electron chi connectivity index (χ3n) is 2.97. The molecule has 1 aliphatic rings. The number of hydrogen-bond donors (Lipinski definition) is 2. The Labute approximate surface area is 95.0 Å². The Morgan fingerprint density at radius 2 is 2.50 bits per heavy atom. The molecule has 0 radical (unpaired) electrons. The van der Waals surface area contributed by atoms with Gasteiger partial charge in [0.2, 0.25) is 0 Å². The maximum absolute atomic E-state index is 11.8. The van der Waals surface area contributed by atoms with E-state index in [0.717, 1.165) is 6.42 Å². The van der Waals surface area contributed by atoms with E-state index in [0.29, 0.717) is 23.3 Å². The van der Waals surface area contributed by atoms with Crippen molar-refractivity contribution in [3.8, 4) is 0 Å². The predicted octanol–water partition coefficient (Wildman–Crippen LogP) is 0.921. The average Bonchev–Trinajstić information content (AvgIpc) is 2.83. The molecule has 0 aliphatic heterocycles. The largest absolute Gasteiger partial charge is 0.396 e. The summed E-state index contributed by atoms with van der Waals surface area (Å²) in [5, 5.41) is 7.01. The van der Waals surface area contributed by atoms with E-state index in [1.165, 1.54) is 12.8 Å². The van der Waals surface area contributed by atoms with E-state index in [-0.39, 0.29) is 5.91 Å². The van der Waals surface area contributed by atoms with Gasteiger partial charge in [0.05, 0.1) is 5.69 Å². The molecule has 1 saturated carbocycles. The highest BCUT2D eigenvalue weighted by molar-refractivity contribution is 5.97. The number of carbonyl (C=O) groups excluding carboxylic acids is 1. The fourth-order valence-electron chi connectivity index (χ4n) is 2.03. The number of nitrogens with zero attached hydrogens (tertiary/aromatic N) is 2. The summed E-state index contributed by atoms with van der Waals surface area (Å²) in [5.74, 6) is 0.501. The molecular weight excluding hydrogens is 204 g/mol. The maximum Gasteiger partial charge on any atom is 0.274 e. The Morgan fingerprint density at radius 1 is 1.75 bits per heavy atom. The van der Waals surface area contributed by atoms with Gasteiger partial charge in [-0.1, -0.05) is 13.3 Å². The normalized spacial score (nSPS) is 23.1. The second-order valence-electron chi connectivity index (χ2n) is 4.47. The van der Waals surface area contributed by atoms with Crippen molar-refractivity contribution < 1.29 is 4.79 Å². The monoisotopic (exact) mass is 222 g/mol. The summed E-state index contributed by atoms with van der Waals surface area (Å²) >= 11 is 0. The summed E-state index contributed by atoms with van der Waals surface area (Å²) in [6.07, 6.45) is 5.09. The summed E-state index contributed by atoms with van der Waals surface area (Å²) in [6, 6.07) is 0.328. The van der Waals surface area contributed by atoms with Crippen molar-refractivity contribution in [1.29, 1.82) is 0 Å². The number of hydrogen-bond acceptors (Lipinski definition) is 3. The molecule has 3 N–H and O–H groups in total. The van der Waals surface area contributed by atoms with Crippen LogP contribution in [0.1, 0.15) is 36.7 Å². The second kappa shape index (κ2) is 4.15. The number of aryl methyl sites for hydroxylation is 1. The first kappa shape index (κ1) is 11.0. The number of nitrogen functional groups attached to an aromatic ring is 1. The first-order valence-corrected chi connectivity index (χ1v) is 5.71. The van der Waals surface area contributed by atoms with Crippen LogP contribution in [0.15, 0.2) is 6.20 Å². The number of nitrogens with one attached hydrogen (secondary N) is 1. The standard InChI is InChI=1S/C11H18N4O/c1-3-4-7-5-9(7)13-11(16)10-8(12)6-15(2)14-10/h6-7,9H,3-5,12H2,1-2H3,(H,13,16). The number of rotatable bonds is 4. The lowest BCUT2D eigenvalue weighted by atomic mass is 10.2. The van der Waals surface area contributed by atoms with E-state index >= 15 is 0 Å². The van der Waals surface area contributed by atoms with Crippen LogP contribution in [-0.2, 0) is 7.05 Å². The first-order chi connectivity index (χ1) is 7.61. The molecule has 1 aliphatic carbocycles. The van der Waals surface area contributed by atoms with Crippen LogP contribution in [-0.4, -0.2) is 21.7 Å². The zero-order chi connectivity index (χ0) is 11.7. The molecule has 0 bridgehead atoms. The summed E-state index contributed by atoms with van der Waals surface area (Å²) in [6.45, 7) is 2.16. The minimum Gasteiger partial charge on any atom is -0.396 e. The number of anilines is 1. The van der Waals surface area contributed by atoms with Crippen LogP contribution in [0, 0.1) is 5.92 Å². The van der Waals surface area contributed by atoms with Gasteiger partial charge in [-0.3, -0.25) is 9.48 Å². The highest BCUT2D eigenvalue weighted by atomic mass is 16.2. The molecule has 2 unspecified atom stereocenters. The van der Waals surface area contributed by atoms with Gasteiger partial charge in [0.25, 0.3) is 5.91 Å². The van der Waals surface area contributed by atoms with E-state index < -0.39 is 0 Å². The Morgan fingerprint density at radius 3 is 3.06 bits per heavy atom. The van der Waals surface area contributed by atoms with Crippen molar-refractivity contribution in [2.75, 3.05) is 5.73 Å². The summed E-state index contributed by atoms with van der Waals surface area (Å²) in [7, 11) is 1.75. The van der Waals surface area contributed by atoms with Crippen molar-refractivity contribution in [2.24, 2.45) is 13.0 Å². The number of aromatic nitrogens is 2. The molecule has 1 heterocycles. The Hall–Kier alpha value is -1.52. The number of amides is 1. The van der Waals surface area contributed by atoms with Crippen molar-refractivity contribution in [3.63, 3.8) is 0 Å². The Kier molecular flexibility index (Phi) is 2.85. The maximum atomic E-state index is 11.8. The van der Waals surface area contributed by atoms with Gasteiger partial charge >= 0.3 is 0 Å².